The fourth-order valence-corrected chi connectivity index (χ4v) is 1.04. The molecule has 0 unspecified atom stereocenters. The summed E-state index contributed by atoms with van der Waals surface area (Å²) in [6.07, 6.45) is 2.59. The van der Waals surface area contributed by atoms with Gasteiger partial charge in [0, 0.05) is 6.92 Å². The molecule has 7 nitrogen and oxygen atoms in total. The molecule has 0 aromatic carbocycles. The number of imidazole rings is 1. The molecule has 0 atom stereocenters. The number of nitrogen functional groups attached to an aromatic ring is 1. The van der Waals surface area contributed by atoms with Gasteiger partial charge in [-0.05, 0) is 0 Å². The Balaban J connectivity index is 2.58. The maximum Gasteiger partial charge on any atom is 0.330 e. The summed E-state index contributed by atoms with van der Waals surface area (Å²) in [6.45, 7) is 1.29. The second-order valence-corrected chi connectivity index (χ2v) is 2.58. The van der Waals surface area contributed by atoms with Gasteiger partial charge in [-0.3, -0.25) is 0 Å². The lowest BCUT2D eigenvalue weighted by Gasteiger charge is -2.00. The monoisotopic (exact) mass is 193 g/mol. The number of fused-ring (bicyclic) bond motifs is 1. The SMILES string of the molecule is CC(=O)On1cnc2c(N)ncnc21. The van der Waals surface area contributed by atoms with Gasteiger partial charge in [0.1, 0.15) is 12.7 Å². The Morgan fingerprint density at radius 1 is 1.50 bits per heavy atom. The van der Waals surface area contributed by atoms with Crippen molar-refractivity contribution in [2.24, 2.45) is 0 Å². The third-order valence-corrected chi connectivity index (χ3v) is 1.56. The molecule has 0 amide bonds. The quantitative estimate of drug-likeness (QED) is 0.648. The third kappa shape index (κ3) is 1.24. The fourth-order valence-electron chi connectivity index (χ4n) is 1.04. The van der Waals surface area contributed by atoms with Crippen molar-refractivity contribution in [3.05, 3.63) is 12.7 Å². The van der Waals surface area contributed by atoms with Crippen LogP contribution in [0.15, 0.2) is 12.7 Å². The minimum absolute atomic E-state index is 0.251. The smallest absolute Gasteiger partial charge is 0.330 e. The molecule has 0 fully saturated rings. The van der Waals surface area contributed by atoms with E-state index in [1.54, 1.807) is 0 Å². The fraction of sp³-hybridized carbons (Fsp3) is 0.143. The summed E-state index contributed by atoms with van der Waals surface area (Å²) in [5, 5.41) is 0. The summed E-state index contributed by atoms with van der Waals surface area (Å²) in [5.41, 5.74) is 6.31. The Bertz CT molecular complexity index is 492. The number of carbonyl (C=O) groups excluding carboxylic acids is 1. The Morgan fingerprint density at radius 2 is 2.29 bits per heavy atom. The minimum Gasteiger partial charge on any atom is -0.382 e. The third-order valence-electron chi connectivity index (χ3n) is 1.56. The molecule has 2 aromatic rings. The molecule has 2 rings (SSSR count). The van der Waals surface area contributed by atoms with Crippen LogP contribution in [-0.4, -0.2) is 25.7 Å². The van der Waals surface area contributed by atoms with Crippen LogP contribution in [0, 0.1) is 0 Å². The predicted molar refractivity (Wildman–Crippen MR) is 47.0 cm³/mol. The zero-order chi connectivity index (χ0) is 10.1. The first kappa shape index (κ1) is 8.42. The first-order valence-electron chi connectivity index (χ1n) is 3.81. The van der Waals surface area contributed by atoms with Gasteiger partial charge in [-0.1, -0.05) is 0 Å². The van der Waals surface area contributed by atoms with Crippen LogP contribution in [-0.2, 0) is 4.79 Å². The molecular formula is C7H7N5O2. The highest BCUT2D eigenvalue weighted by Crippen LogP contribution is 2.12. The molecule has 0 radical (unpaired) electrons. The summed E-state index contributed by atoms with van der Waals surface area (Å²) in [6, 6.07) is 0. The average Bonchev–Trinajstić information content (AvgIpc) is 2.49. The van der Waals surface area contributed by atoms with Crippen LogP contribution in [0.5, 0.6) is 0 Å². The number of anilines is 1. The van der Waals surface area contributed by atoms with Gasteiger partial charge in [-0.25, -0.2) is 19.7 Å². The lowest BCUT2D eigenvalue weighted by atomic mass is 10.5. The second-order valence-electron chi connectivity index (χ2n) is 2.58. The largest absolute Gasteiger partial charge is 0.382 e. The van der Waals surface area contributed by atoms with Gasteiger partial charge in [-0.15, -0.1) is 4.73 Å². The van der Waals surface area contributed by atoms with Crippen LogP contribution in [0.2, 0.25) is 0 Å². The van der Waals surface area contributed by atoms with Gasteiger partial charge in [0.25, 0.3) is 0 Å². The van der Waals surface area contributed by atoms with Crippen molar-refractivity contribution in [2.75, 3.05) is 5.73 Å². The standard InChI is InChI=1S/C7H7N5O2/c1-4(13)14-12-3-11-5-6(8)9-2-10-7(5)12/h2-3H,1H3,(H2,8,9,10). The van der Waals surface area contributed by atoms with Crippen molar-refractivity contribution in [2.45, 2.75) is 6.92 Å². The van der Waals surface area contributed by atoms with Crippen LogP contribution in [0.4, 0.5) is 5.82 Å². The van der Waals surface area contributed by atoms with E-state index in [9.17, 15) is 4.79 Å². The van der Waals surface area contributed by atoms with Crippen LogP contribution in [0.25, 0.3) is 11.2 Å². The Morgan fingerprint density at radius 3 is 3.00 bits per heavy atom. The van der Waals surface area contributed by atoms with E-state index < -0.39 is 5.97 Å². The first-order valence-corrected chi connectivity index (χ1v) is 3.81. The zero-order valence-electron chi connectivity index (χ0n) is 7.34. The molecule has 0 aliphatic carbocycles. The number of nitrogens with two attached hydrogens (primary N) is 1. The molecule has 72 valence electrons. The predicted octanol–water partition coefficient (Wildman–Crippen LogP) is -0.616. The Hall–Kier alpha value is -2.18. The van der Waals surface area contributed by atoms with E-state index in [0.29, 0.717) is 11.2 Å². The highest BCUT2D eigenvalue weighted by Gasteiger charge is 2.09. The van der Waals surface area contributed by atoms with Gasteiger partial charge in [0.15, 0.2) is 11.3 Å². The molecule has 0 aliphatic heterocycles. The van der Waals surface area contributed by atoms with Crippen molar-refractivity contribution in [1.29, 1.82) is 0 Å². The van der Waals surface area contributed by atoms with Crippen molar-refractivity contribution in [3.8, 4) is 0 Å². The minimum atomic E-state index is -0.457. The van der Waals surface area contributed by atoms with Crippen LogP contribution >= 0.6 is 0 Å². The molecule has 0 aliphatic rings. The highest BCUT2D eigenvalue weighted by atomic mass is 16.7. The summed E-state index contributed by atoms with van der Waals surface area (Å²) < 4.78 is 1.15. The summed E-state index contributed by atoms with van der Waals surface area (Å²) in [4.78, 5) is 27.0. The lowest BCUT2D eigenvalue weighted by molar-refractivity contribution is -0.141. The van der Waals surface area contributed by atoms with Gasteiger partial charge in [0.05, 0.1) is 0 Å². The molecule has 14 heavy (non-hydrogen) atoms. The molecule has 7 heteroatoms. The molecule has 0 spiro atoms. The number of carbonyl (C=O) groups is 1. The van der Waals surface area contributed by atoms with E-state index in [-0.39, 0.29) is 5.82 Å². The summed E-state index contributed by atoms with van der Waals surface area (Å²) in [5.74, 6) is -0.206. The van der Waals surface area contributed by atoms with Gasteiger partial charge < -0.3 is 10.6 Å². The normalized spacial score (nSPS) is 10.4. The summed E-state index contributed by atoms with van der Waals surface area (Å²) >= 11 is 0. The summed E-state index contributed by atoms with van der Waals surface area (Å²) in [7, 11) is 0. The van der Waals surface area contributed by atoms with Crippen LogP contribution in [0.1, 0.15) is 6.92 Å². The van der Waals surface area contributed by atoms with Crippen LogP contribution in [0.3, 0.4) is 0 Å². The second kappa shape index (κ2) is 2.95. The molecule has 2 N–H and O–H groups in total. The van der Waals surface area contributed by atoms with E-state index in [1.807, 2.05) is 0 Å². The molecule has 2 heterocycles. The highest BCUT2D eigenvalue weighted by molar-refractivity contribution is 5.81. The van der Waals surface area contributed by atoms with Crippen molar-refractivity contribution < 1.29 is 9.63 Å². The van der Waals surface area contributed by atoms with Crippen molar-refractivity contribution in [3.63, 3.8) is 0 Å². The van der Waals surface area contributed by atoms with E-state index in [2.05, 4.69) is 15.0 Å². The molecule has 0 bridgehead atoms. The van der Waals surface area contributed by atoms with E-state index in [1.165, 1.54) is 19.6 Å². The number of aromatic nitrogens is 4. The molecule has 2 aromatic heterocycles. The van der Waals surface area contributed by atoms with E-state index in [0.717, 1.165) is 4.73 Å². The van der Waals surface area contributed by atoms with Crippen molar-refractivity contribution >= 4 is 23.0 Å². The maximum atomic E-state index is 10.7. The number of rotatable bonds is 1. The molecule has 0 saturated carbocycles. The first-order chi connectivity index (χ1) is 6.68. The average molecular weight is 193 g/mol. The molecule has 0 saturated heterocycles. The van der Waals surface area contributed by atoms with Crippen LogP contribution < -0.4 is 10.6 Å². The Labute approximate surface area is 78.5 Å². The zero-order valence-corrected chi connectivity index (χ0v) is 7.34. The Kier molecular flexibility index (Phi) is 1.77. The topological polar surface area (TPSA) is 95.9 Å². The van der Waals surface area contributed by atoms with Gasteiger partial charge in [-0.2, -0.15) is 0 Å². The van der Waals surface area contributed by atoms with Crippen molar-refractivity contribution in [1.82, 2.24) is 19.7 Å². The number of nitrogens with zero attached hydrogens (tertiary/aromatic N) is 4. The van der Waals surface area contributed by atoms with E-state index >= 15 is 0 Å². The van der Waals surface area contributed by atoms with E-state index in [4.69, 9.17) is 10.6 Å². The van der Waals surface area contributed by atoms with Gasteiger partial charge in [0.2, 0.25) is 5.65 Å². The number of hydrogen-bond donors (Lipinski definition) is 1. The van der Waals surface area contributed by atoms with Gasteiger partial charge >= 0.3 is 5.97 Å². The lowest BCUT2D eigenvalue weighted by Crippen LogP contribution is -2.15. The molecular weight excluding hydrogens is 186 g/mol. The number of hydrogen-bond acceptors (Lipinski definition) is 6. The maximum absolute atomic E-state index is 10.7.